The number of nitrogens with one attached hydrogen (secondary N) is 2. The van der Waals surface area contributed by atoms with Gasteiger partial charge in [0, 0.05) is 24.8 Å². The number of aromatic nitrogens is 3. The molecule has 2 heterocycles. The van der Waals surface area contributed by atoms with Crippen LogP contribution in [0.25, 0.3) is 5.69 Å². The lowest BCUT2D eigenvalue weighted by molar-refractivity contribution is 0.0277. The minimum absolute atomic E-state index is 0.0425. The smallest absolute Gasteiger partial charge is 0.277 e. The van der Waals surface area contributed by atoms with Crippen LogP contribution in [0.5, 0.6) is 5.75 Å². The van der Waals surface area contributed by atoms with Gasteiger partial charge in [0.2, 0.25) is 0 Å². The summed E-state index contributed by atoms with van der Waals surface area (Å²) in [6, 6.07) is 15.1. The first-order chi connectivity index (χ1) is 14.2. The molecule has 1 fully saturated rings. The van der Waals surface area contributed by atoms with E-state index in [0.29, 0.717) is 18.9 Å². The maximum Gasteiger partial charge on any atom is 0.277 e. The largest absolute Gasteiger partial charge is 0.494 e. The van der Waals surface area contributed by atoms with Crippen LogP contribution in [0, 0.1) is 0 Å². The number of nitrogens with zero attached hydrogens (tertiary/aromatic N) is 3. The molecule has 4 rings (SSSR count). The summed E-state index contributed by atoms with van der Waals surface area (Å²) >= 11 is 0. The van der Waals surface area contributed by atoms with Crippen molar-refractivity contribution in [3.05, 3.63) is 66.0 Å². The second-order valence-corrected chi connectivity index (χ2v) is 6.62. The SMILES string of the molecule is CCOc1cccc(-n2cc(C(=O)Nc3ccc(C4CNCCO4)cc3)nn2)c1. The van der Waals surface area contributed by atoms with Crippen molar-refractivity contribution in [1.82, 2.24) is 20.3 Å². The number of morpholine rings is 1. The van der Waals surface area contributed by atoms with E-state index in [4.69, 9.17) is 9.47 Å². The van der Waals surface area contributed by atoms with Gasteiger partial charge in [-0.2, -0.15) is 0 Å². The molecule has 1 unspecified atom stereocenters. The lowest BCUT2D eigenvalue weighted by Gasteiger charge is -2.24. The van der Waals surface area contributed by atoms with Gasteiger partial charge < -0.3 is 20.1 Å². The number of hydrogen-bond donors (Lipinski definition) is 2. The third kappa shape index (κ3) is 4.61. The van der Waals surface area contributed by atoms with E-state index in [1.54, 1.807) is 10.9 Å². The highest BCUT2D eigenvalue weighted by molar-refractivity contribution is 6.02. The predicted molar refractivity (Wildman–Crippen MR) is 108 cm³/mol. The second-order valence-electron chi connectivity index (χ2n) is 6.62. The van der Waals surface area contributed by atoms with E-state index in [2.05, 4.69) is 20.9 Å². The van der Waals surface area contributed by atoms with Crippen LogP contribution in [-0.2, 0) is 4.74 Å². The average molecular weight is 393 g/mol. The molecule has 0 aliphatic carbocycles. The Morgan fingerprint density at radius 2 is 2.17 bits per heavy atom. The molecule has 8 nitrogen and oxygen atoms in total. The summed E-state index contributed by atoms with van der Waals surface area (Å²) in [5, 5.41) is 14.2. The molecular weight excluding hydrogens is 370 g/mol. The van der Waals surface area contributed by atoms with E-state index >= 15 is 0 Å². The van der Waals surface area contributed by atoms with Gasteiger partial charge in [0.05, 0.1) is 31.2 Å². The van der Waals surface area contributed by atoms with Crippen LogP contribution in [0.1, 0.15) is 29.1 Å². The minimum atomic E-state index is -0.319. The zero-order valence-electron chi connectivity index (χ0n) is 16.2. The molecule has 0 spiro atoms. The molecule has 8 heteroatoms. The third-order valence-electron chi connectivity index (χ3n) is 4.59. The van der Waals surface area contributed by atoms with Crippen LogP contribution < -0.4 is 15.4 Å². The lowest BCUT2D eigenvalue weighted by Crippen LogP contribution is -2.33. The van der Waals surface area contributed by atoms with Crippen molar-refractivity contribution in [3.8, 4) is 11.4 Å². The summed E-state index contributed by atoms with van der Waals surface area (Å²) in [6.45, 7) is 4.87. The molecule has 1 aliphatic heterocycles. The van der Waals surface area contributed by atoms with Crippen molar-refractivity contribution < 1.29 is 14.3 Å². The Kier molecular flexibility index (Phi) is 5.83. The number of ether oxygens (including phenoxy) is 2. The molecule has 0 bridgehead atoms. The normalized spacial score (nSPS) is 16.4. The molecule has 3 aromatic rings. The van der Waals surface area contributed by atoms with E-state index in [0.717, 1.165) is 30.1 Å². The molecule has 1 atom stereocenters. The quantitative estimate of drug-likeness (QED) is 0.669. The molecule has 1 amide bonds. The molecule has 2 N–H and O–H groups in total. The minimum Gasteiger partial charge on any atom is -0.494 e. The number of carbonyl (C=O) groups is 1. The maximum atomic E-state index is 12.5. The van der Waals surface area contributed by atoms with E-state index in [9.17, 15) is 4.79 Å². The Hall–Kier alpha value is -3.23. The lowest BCUT2D eigenvalue weighted by atomic mass is 10.1. The second kappa shape index (κ2) is 8.85. The Labute approximate surface area is 168 Å². The maximum absolute atomic E-state index is 12.5. The van der Waals surface area contributed by atoms with Crippen molar-refractivity contribution in [1.29, 1.82) is 0 Å². The third-order valence-corrected chi connectivity index (χ3v) is 4.59. The molecule has 0 radical (unpaired) electrons. The number of rotatable bonds is 6. The van der Waals surface area contributed by atoms with Crippen molar-refractivity contribution in [2.24, 2.45) is 0 Å². The van der Waals surface area contributed by atoms with Gasteiger partial charge in [-0.15, -0.1) is 5.10 Å². The van der Waals surface area contributed by atoms with Crippen molar-refractivity contribution in [2.45, 2.75) is 13.0 Å². The molecule has 0 saturated carbocycles. The Balaban J connectivity index is 1.42. The molecule has 1 saturated heterocycles. The van der Waals surface area contributed by atoms with Gasteiger partial charge in [0.1, 0.15) is 5.75 Å². The summed E-state index contributed by atoms with van der Waals surface area (Å²) in [4.78, 5) is 12.5. The van der Waals surface area contributed by atoms with E-state index in [1.165, 1.54) is 0 Å². The number of hydrogen-bond acceptors (Lipinski definition) is 6. The Morgan fingerprint density at radius 1 is 1.31 bits per heavy atom. The van der Waals surface area contributed by atoms with Gasteiger partial charge >= 0.3 is 0 Å². The first-order valence-corrected chi connectivity index (χ1v) is 9.62. The standard InChI is InChI=1S/C21H23N5O3/c1-2-28-18-5-3-4-17(12-18)26-14-19(24-25-26)21(27)23-16-8-6-15(7-9-16)20-13-22-10-11-29-20/h3-9,12,14,20,22H,2,10-11,13H2,1H3,(H,23,27). The van der Waals surface area contributed by atoms with E-state index in [1.807, 2.05) is 55.5 Å². The fraction of sp³-hybridized carbons (Fsp3) is 0.286. The fourth-order valence-corrected chi connectivity index (χ4v) is 3.13. The van der Waals surface area contributed by atoms with Crippen LogP contribution in [0.2, 0.25) is 0 Å². The van der Waals surface area contributed by atoms with Crippen LogP contribution in [0.4, 0.5) is 5.69 Å². The predicted octanol–water partition coefficient (Wildman–Crippen LogP) is 2.58. The van der Waals surface area contributed by atoms with Crippen LogP contribution in [0.15, 0.2) is 54.7 Å². The van der Waals surface area contributed by atoms with Gasteiger partial charge in [0.15, 0.2) is 5.69 Å². The summed E-state index contributed by atoms with van der Waals surface area (Å²) in [6.07, 6.45) is 1.64. The van der Waals surface area contributed by atoms with Gasteiger partial charge in [-0.25, -0.2) is 4.68 Å². The van der Waals surface area contributed by atoms with Gasteiger partial charge in [0.25, 0.3) is 5.91 Å². The van der Waals surface area contributed by atoms with Crippen molar-refractivity contribution >= 4 is 11.6 Å². The Bertz CT molecular complexity index is 964. The summed E-state index contributed by atoms with van der Waals surface area (Å²) in [5.74, 6) is 0.421. The molecular formula is C21H23N5O3. The highest BCUT2D eigenvalue weighted by atomic mass is 16.5. The van der Waals surface area contributed by atoms with E-state index < -0.39 is 0 Å². The summed E-state index contributed by atoms with van der Waals surface area (Å²) in [7, 11) is 0. The highest BCUT2D eigenvalue weighted by Crippen LogP contribution is 2.21. The molecule has 150 valence electrons. The number of amides is 1. The zero-order valence-corrected chi connectivity index (χ0v) is 16.2. The zero-order chi connectivity index (χ0) is 20.1. The van der Waals surface area contributed by atoms with Crippen molar-refractivity contribution in [3.63, 3.8) is 0 Å². The van der Waals surface area contributed by atoms with E-state index in [-0.39, 0.29) is 17.7 Å². The van der Waals surface area contributed by atoms with Gasteiger partial charge in [-0.05, 0) is 36.8 Å². The number of carbonyl (C=O) groups excluding carboxylic acids is 1. The molecule has 1 aliphatic rings. The molecule has 29 heavy (non-hydrogen) atoms. The molecule has 1 aromatic heterocycles. The van der Waals surface area contributed by atoms with Crippen molar-refractivity contribution in [2.75, 3.05) is 31.6 Å². The Morgan fingerprint density at radius 3 is 2.93 bits per heavy atom. The summed E-state index contributed by atoms with van der Waals surface area (Å²) in [5.41, 5.74) is 2.77. The monoisotopic (exact) mass is 393 g/mol. The summed E-state index contributed by atoms with van der Waals surface area (Å²) < 4.78 is 12.8. The highest BCUT2D eigenvalue weighted by Gasteiger charge is 2.16. The number of anilines is 1. The topological polar surface area (TPSA) is 90.3 Å². The fourth-order valence-electron chi connectivity index (χ4n) is 3.13. The van der Waals surface area contributed by atoms with Gasteiger partial charge in [-0.1, -0.05) is 23.4 Å². The van der Waals surface area contributed by atoms with Crippen LogP contribution in [0.3, 0.4) is 0 Å². The number of benzene rings is 2. The average Bonchev–Trinajstić information content (AvgIpc) is 3.26. The first kappa shape index (κ1) is 19.1. The van der Waals surface area contributed by atoms with Crippen LogP contribution >= 0.6 is 0 Å². The van der Waals surface area contributed by atoms with Crippen LogP contribution in [-0.4, -0.2) is 47.2 Å². The first-order valence-electron chi connectivity index (χ1n) is 9.62. The van der Waals surface area contributed by atoms with Gasteiger partial charge in [-0.3, -0.25) is 4.79 Å². The molecule has 2 aromatic carbocycles.